The van der Waals surface area contributed by atoms with Crippen LogP contribution in [-0.4, -0.2) is 63.1 Å². The number of nitrogens with zero attached hydrogens (tertiary/aromatic N) is 1. The molecule has 0 aromatic heterocycles. The summed E-state index contributed by atoms with van der Waals surface area (Å²) in [6.45, 7) is 1.53. The molecule has 39 heavy (non-hydrogen) atoms. The number of alkyl halides is 3. The first-order valence-electron chi connectivity index (χ1n) is 13.2. The molecule has 0 radical (unpaired) electrons. The summed E-state index contributed by atoms with van der Waals surface area (Å²) in [4.78, 5) is 29.7. The molecule has 2 aromatic carbocycles. The maximum absolute atomic E-state index is 13.9. The van der Waals surface area contributed by atoms with E-state index in [-0.39, 0.29) is 46.3 Å². The number of phenols is 1. The summed E-state index contributed by atoms with van der Waals surface area (Å²) >= 11 is -0.254. The molecule has 1 unspecified atom stereocenters. The summed E-state index contributed by atoms with van der Waals surface area (Å²) < 4.78 is 44.2. The van der Waals surface area contributed by atoms with Crippen molar-refractivity contribution in [2.24, 2.45) is 11.8 Å². The number of ketones is 1. The van der Waals surface area contributed by atoms with E-state index in [9.17, 15) is 33.0 Å². The van der Waals surface area contributed by atoms with Crippen molar-refractivity contribution in [2.45, 2.75) is 65.7 Å². The predicted molar refractivity (Wildman–Crippen MR) is 136 cm³/mol. The second-order valence-corrected chi connectivity index (χ2v) is 12.6. The van der Waals surface area contributed by atoms with Crippen LogP contribution in [0.3, 0.4) is 0 Å². The van der Waals surface area contributed by atoms with Crippen molar-refractivity contribution in [3.63, 3.8) is 0 Å². The molecule has 3 fully saturated rings. The van der Waals surface area contributed by atoms with E-state index in [1.807, 2.05) is 6.07 Å². The fraction of sp³-hybridized carbons (Fsp3) is 0.500. The van der Waals surface area contributed by atoms with Crippen molar-refractivity contribution < 1.29 is 37.7 Å². The lowest BCUT2D eigenvalue weighted by Crippen LogP contribution is -2.78. The van der Waals surface area contributed by atoms with Crippen molar-refractivity contribution in [2.75, 3.05) is 18.4 Å². The predicted octanol–water partition coefficient (Wildman–Crippen LogP) is 4.00. The smallest absolute Gasteiger partial charge is 0.446 e. The SMILES string of the molecule is O=C(Nc1ccc(SC(F)(F)F)cc1)C1C[C@@]2(O)[C@H]3Cc4ccc(O)c5c4[C@@]2(CCN3CC2CC2)[C@@H](O5)C1=O. The number of piperidine rings is 1. The fourth-order valence-corrected chi connectivity index (χ4v) is 8.03. The highest BCUT2D eigenvalue weighted by molar-refractivity contribution is 8.00. The van der Waals surface area contributed by atoms with Gasteiger partial charge in [0, 0.05) is 28.7 Å². The number of carbonyl (C=O) groups excluding carboxylic acids is 2. The van der Waals surface area contributed by atoms with Crippen molar-refractivity contribution in [1.82, 2.24) is 4.90 Å². The Kier molecular flexibility index (Phi) is 5.42. The number of carbonyl (C=O) groups is 2. The Morgan fingerprint density at radius 2 is 1.92 bits per heavy atom. The third-order valence-corrected chi connectivity index (χ3v) is 10.0. The number of thioether (sulfide) groups is 1. The minimum absolute atomic E-state index is 0.0241. The van der Waals surface area contributed by atoms with E-state index in [4.69, 9.17) is 4.74 Å². The van der Waals surface area contributed by atoms with Crippen LogP contribution in [-0.2, 0) is 21.4 Å². The summed E-state index contributed by atoms with van der Waals surface area (Å²) in [5, 5.41) is 25.9. The van der Waals surface area contributed by atoms with E-state index in [0.717, 1.165) is 24.9 Å². The molecule has 2 saturated carbocycles. The largest absolute Gasteiger partial charge is 0.504 e. The van der Waals surface area contributed by atoms with Crippen LogP contribution in [0.5, 0.6) is 11.5 Å². The number of Topliss-reactive ketones (excluding diaryl/α,β-unsaturated/α-hetero) is 1. The molecule has 7 nitrogen and oxygen atoms in total. The molecule has 1 saturated heterocycles. The van der Waals surface area contributed by atoms with Gasteiger partial charge < -0.3 is 20.3 Å². The summed E-state index contributed by atoms with van der Waals surface area (Å²) in [6.07, 6.45) is 2.07. The van der Waals surface area contributed by atoms with Crippen LogP contribution in [0.1, 0.15) is 36.8 Å². The number of hydrogen-bond donors (Lipinski definition) is 3. The van der Waals surface area contributed by atoms with Gasteiger partial charge in [-0.05, 0) is 92.2 Å². The van der Waals surface area contributed by atoms with Gasteiger partial charge in [-0.15, -0.1) is 0 Å². The molecular weight excluding hydrogens is 533 g/mol. The molecule has 3 N–H and O–H groups in total. The molecule has 206 valence electrons. The average molecular weight is 561 g/mol. The van der Waals surface area contributed by atoms with Crippen LogP contribution < -0.4 is 10.1 Å². The zero-order valence-electron chi connectivity index (χ0n) is 20.8. The van der Waals surface area contributed by atoms with E-state index >= 15 is 0 Å². The normalized spacial score (nSPS) is 32.9. The second-order valence-electron chi connectivity index (χ2n) is 11.5. The molecule has 3 aliphatic carbocycles. The number of aliphatic hydroxyl groups is 1. The summed E-state index contributed by atoms with van der Waals surface area (Å²) in [5.41, 5.74) is -5.02. The van der Waals surface area contributed by atoms with Gasteiger partial charge in [-0.25, -0.2) is 0 Å². The molecule has 5 aliphatic rings. The maximum atomic E-state index is 13.9. The van der Waals surface area contributed by atoms with Gasteiger partial charge >= 0.3 is 5.51 Å². The highest BCUT2D eigenvalue weighted by atomic mass is 32.2. The van der Waals surface area contributed by atoms with E-state index < -0.39 is 40.2 Å². The van der Waals surface area contributed by atoms with Gasteiger partial charge in [-0.3, -0.25) is 14.5 Å². The summed E-state index contributed by atoms with van der Waals surface area (Å²) in [5.74, 6) is -1.61. The third kappa shape index (κ3) is 3.72. The lowest BCUT2D eigenvalue weighted by Gasteiger charge is -2.63. The van der Waals surface area contributed by atoms with E-state index in [0.29, 0.717) is 30.9 Å². The van der Waals surface area contributed by atoms with Crippen molar-refractivity contribution >= 4 is 29.1 Å². The number of hydrogen-bond acceptors (Lipinski definition) is 7. The van der Waals surface area contributed by atoms with Crippen LogP contribution in [0, 0.1) is 11.8 Å². The van der Waals surface area contributed by atoms with Gasteiger partial charge in [-0.2, -0.15) is 13.2 Å². The lowest BCUT2D eigenvalue weighted by atomic mass is 9.47. The van der Waals surface area contributed by atoms with Gasteiger partial charge in [0.1, 0.15) is 5.92 Å². The third-order valence-electron chi connectivity index (χ3n) is 9.30. The Balaban J connectivity index is 1.23. The molecule has 7 rings (SSSR count). The number of rotatable bonds is 5. The molecule has 1 spiro atoms. The maximum Gasteiger partial charge on any atom is 0.446 e. The van der Waals surface area contributed by atoms with Gasteiger partial charge in [0.05, 0.1) is 11.0 Å². The number of ether oxygens (including phenoxy) is 1. The number of likely N-dealkylation sites (tertiary alicyclic amines) is 1. The van der Waals surface area contributed by atoms with Gasteiger partial charge in [0.25, 0.3) is 0 Å². The van der Waals surface area contributed by atoms with Crippen molar-refractivity contribution in [3.8, 4) is 11.5 Å². The van der Waals surface area contributed by atoms with Crippen LogP contribution in [0.4, 0.5) is 18.9 Å². The summed E-state index contributed by atoms with van der Waals surface area (Å²) in [6, 6.07) is 8.30. The fourth-order valence-electron chi connectivity index (χ4n) is 7.49. The van der Waals surface area contributed by atoms with Gasteiger partial charge in [0.15, 0.2) is 23.4 Å². The number of halogens is 3. The first kappa shape index (κ1) is 25.2. The van der Waals surface area contributed by atoms with Crippen molar-refractivity contribution in [1.29, 1.82) is 0 Å². The van der Waals surface area contributed by atoms with Gasteiger partial charge in [-0.1, -0.05) is 6.07 Å². The number of amides is 1. The van der Waals surface area contributed by atoms with Crippen LogP contribution in [0.15, 0.2) is 41.3 Å². The Bertz CT molecular complexity index is 1380. The Labute approximate surface area is 226 Å². The molecule has 1 amide bonds. The molecule has 5 atom stereocenters. The molecule has 2 aliphatic heterocycles. The van der Waals surface area contributed by atoms with E-state index in [2.05, 4.69) is 10.2 Å². The highest BCUT2D eigenvalue weighted by Gasteiger charge is 2.75. The van der Waals surface area contributed by atoms with Crippen LogP contribution >= 0.6 is 11.8 Å². The standard InChI is InChI=1S/C28H27F3N2O5S/c29-28(30,31)39-17-6-4-16(5-7-17)32-25(36)18-12-27(37)20-11-15-3-8-19(34)23-21(15)26(27,24(38-23)22(18)35)9-10-33(20)13-14-1-2-14/h3-8,14,18,20,24,34,37H,1-2,9-13H2,(H,32,36)/t18?,20-,24+,26+,27-/m1/s1. The first-order chi connectivity index (χ1) is 18.5. The van der Waals surface area contributed by atoms with Crippen LogP contribution in [0.2, 0.25) is 0 Å². The van der Waals surface area contributed by atoms with Crippen LogP contribution in [0.25, 0.3) is 0 Å². The first-order valence-corrected chi connectivity index (χ1v) is 14.0. The zero-order valence-corrected chi connectivity index (χ0v) is 21.6. The monoisotopic (exact) mass is 560 g/mol. The Morgan fingerprint density at radius 3 is 2.62 bits per heavy atom. The van der Waals surface area contributed by atoms with Gasteiger partial charge in [0.2, 0.25) is 5.91 Å². The van der Waals surface area contributed by atoms with E-state index in [1.165, 1.54) is 24.3 Å². The molecule has 11 heteroatoms. The zero-order chi connectivity index (χ0) is 27.3. The topological polar surface area (TPSA) is 99.1 Å². The highest BCUT2D eigenvalue weighted by Crippen LogP contribution is 2.65. The van der Waals surface area contributed by atoms with E-state index in [1.54, 1.807) is 6.07 Å². The minimum atomic E-state index is -4.43. The number of nitrogens with one attached hydrogen (secondary N) is 1. The van der Waals surface area contributed by atoms with Crippen molar-refractivity contribution in [3.05, 3.63) is 47.5 Å². The average Bonchev–Trinajstić information content (AvgIpc) is 3.61. The minimum Gasteiger partial charge on any atom is -0.504 e. The molecular formula is C28H27F3N2O5S. The summed E-state index contributed by atoms with van der Waals surface area (Å²) in [7, 11) is 0. The Morgan fingerprint density at radius 1 is 1.18 bits per heavy atom. The molecule has 2 aromatic rings. The lowest BCUT2D eigenvalue weighted by molar-refractivity contribution is -0.197. The number of benzene rings is 2. The quantitative estimate of drug-likeness (QED) is 0.376. The second kappa shape index (κ2) is 8.37. The molecule has 2 heterocycles. The Hall–Kier alpha value is -2.76. The number of aromatic hydroxyl groups is 1. The number of phenolic OH excluding ortho intramolecular Hbond substituents is 1. The number of anilines is 1. The molecule has 2 bridgehead atoms.